The van der Waals surface area contributed by atoms with Crippen LogP contribution in [0.15, 0.2) is 45.7 Å². The summed E-state index contributed by atoms with van der Waals surface area (Å²) < 4.78 is 17.1. The van der Waals surface area contributed by atoms with Crippen LogP contribution < -0.4 is 0 Å². The molecule has 9 nitrogen and oxygen atoms in total. The molecular formula is C29H44N2O7. The predicted molar refractivity (Wildman–Crippen MR) is 146 cm³/mol. The van der Waals surface area contributed by atoms with Crippen molar-refractivity contribution in [3.8, 4) is 0 Å². The van der Waals surface area contributed by atoms with Gasteiger partial charge in [0, 0.05) is 24.4 Å². The number of ether oxygens (including phenoxy) is 2. The van der Waals surface area contributed by atoms with Gasteiger partial charge in [-0.05, 0) is 37.8 Å². The van der Waals surface area contributed by atoms with Crippen molar-refractivity contribution in [2.45, 2.75) is 98.2 Å². The molecule has 0 aromatic carbocycles. The number of carbonyl (C=O) groups excluding carboxylic acids is 1. The van der Waals surface area contributed by atoms with Crippen molar-refractivity contribution in [2.24, 2.45) is 22.4 Å². The smallest absolute Gasteiger partial charge is 0.309 e. The molecule has 5 atom stereocenters. The lowest BCUT2D eigenvalue weighted by Crippen LogP contribution is -2.36. The van der Waals surface area contributed by atoms with Gasteiger partial charge in [0.15, 0.2) is 6.54 Å². The molecule has 9 heteroatoms. The Morgan fingerprint density at radius 3 is 2.66 bits per heavy atom. The van der Waals surface area contributed by atoms with Crippen molar-refractivity contribution >= 4 is 12.0 Å². The molecule has 0 bridgehead atoms. The molecule has 4 unspecified atom stereocenters. The molecule has 0 amide bonds. The van der Waals surface area contributed by atoms with Gasteiger partial charge >= 0.3 is 5.97 Å². The van der Waals surface area contributed by atoms with Crippen molar-refractivity contribution in [3.63, 3.8) is 0 Å². The average Bonchev–Trinajstić information content (AvgIpc) is 3.25. The summed E-state index contributed by atoms with van der Waals surface area (Å²) in [6.07, 6.45) is 6.59. The number of carbonyl (C=O) groups is 1. The minimum Gasteiger partial charge on any atom is -0.458 e. The summed E-state index contributed by atoms with van der Waals surface area (Å²) in [6, 6.07) is 0. The maximum atomic E-state index is 13.0. The number of nitrogens with zero attached hydrogens (tertiary/aromatic N) is 2. The van der Waals surface area contributed by atoms with Crippen LogP contribution in [0.4, 0.5) is 0 Å². The summed E-state index contributed by atoms with van der Waals surface area (Å²) in [7, 11) is 0. The minimum absolute atomic E-state index is 0.0926. The molecule has 1 aromatic rings. The number of nitroso groups, excluding NO2 is 1. The second kappa shape index (κ2) is 13.4. The van der Waals surface area contributed by atoms with E-state index in [1.165, 1.54) is 6.26 Å². The highest BCUT2D eigenvalue weighted by molar-refractivity contribution is 5.71. The molecule has 0 radical (unpaired) electrons. The van der Waals surface area contributed by atoms with E-state index in [0.29, 0.717) is 23.6 Å². The van der Waals surface area contributed by atoms with Crippen LogP contribution in [0.3, 0.4) is 0 Å². The molecule has 38 heavy (non-hydrogen) atoms. The Bertz CT molecular complexity index is 1030. The summed E-state index contributed by atoms with van der Waals surface area (Å²) in [5.74, 6) is -0.125. The van der Waals surface area contributed by atoms with Crippen molar-refractivity contribution < 1.29 is 28.9 Å². The molecule has 1 aliphatic rings. The number of aliphatic hydroxyl groups excluding tert-OH is 2. The number of hydrogen-bond acceptors (Lipinski definition) is 9. The lowest BCUT2D eigenvalue weighted by atomic mass is 9.74. The van der Waals surface area contributed by atoms with Crippen molar-refractivity contribution in [3.05, 3.63) is 52.6 Å². The second-order valence-corrected chi connectivity index (χ2v) is 11.4. The van der Waals surface area contributed by atoms with Crippen LogP contribution in [-0.4, -0.2) is 51.7 Å². The van der Waals surface area contributed by atoms with Gasteiger partial charge in [0.05, 0.1) is 24.2 Å². The van der Waals surface area contributed by atoms with Gasteiger partial charge in [0.25, 0.3) is 0 Å². The van der Waals surface area contributed by atoms with Crippen LogP contribution in [0, 0.1) is 22.2 Å². The number of oxazole rings is 1. The number of epoxide rings is 1. The van der Waals surface area contributed by atoms with E-state index in [1.54, 1.807) is 19.9 Å². The molecular weight excluding hydrogens is 488 g/mol. The largest absolute Gasteiger partial charge is 0.458 e. The molecule has 212 valence electrons. The van der Waals surface area contributed by atoms with E-state index >= 15 is 0 Å². The molecule has 2 rings (SSSR count). The highest BCUT2D eigenvalue weighted by atomic mass is 16.6. The fourth-order valence-electron chi connectivity index (χ4n) is 4.29. The topological polar surface area (TPSA) is 135 Å². The normalized spacial score (nSPS) is 22.4. The van der Waals surface area contributed by atoms with Crippen LogP contribution >= 0.6 is 0 Å². The number of aromatic nitrogens is 1. The molecule has 2 N–H and O–H groups in total. The highest BCUT2D eigenvalue weighted by Gasteiger charge is 2.52. The first kappa shape index (κ1) is 31.6. The Labute approximate surface area is 226 Å². The molecule has 1 fully saturated rings. The van der Waals surface area contributed by atoms with Gasteiger partial charge in [0.2, 0.25) is 5.89 Å². The minimum atomic E-state index is -1.04. The summed E-state index contributed by atoms with van der Waals surface area (Å²) in [5.41, 5.74) is 0.729. The van der Waals surface area contributed by atoms with Gasteiger partial charge in [-0.3, -0.25) is 4.79 Å². The first-order valence-corrected chi connectivity index (χ1v) is 13.2. The molecule has 0 saturated carbocycles. The van der Waals surface area contributed by atoms with E-state index in [2.05, 4.69) is 42.7 Å². The predicted octanol–water partition coefficient (Wildman–Crippen LogP) is 5.37. The molecule has 1 saturated heterocycles. The monoisotopic (exact) mass is 532 g/mol. The first-order valence-electron chi connectivity index (χ1n) is 13.2. The quantitative estimate of drug-likeness (QED) is 0.126. The summed E-state index contributed by atoms with van der Waals surface area (Å²) >= 11 is 0. The fourth-order valence-corrected chi connectivity index (χ4v) is 4.29. The molecule has 2 heterocycles. The molecule has 1 aromatic heterocycles. The Kier molecular flexibility index (Phi) is 11.2. The number of aliphatic hydroxyl groups is 2. The zero-order chi connectivity index (χ0) is 28.7. The number of allylic oxidation sites excluding steroid dienone is 1. The summed E-state index contributed by atoms with van der Waals surface area (Å²) in [4.78, 5) is 27.7. The Balaban J connectivity index is 2.17. The van der Waals surface area contributed by atoms with Crippen LogP contribution in [0.5, 0.6) is 0 Å². The lowest BCUT2D eigenvalue weighted by Gasteiger charge is -2.35. The average molecular weight is 533 g/mol. The van der Waals surface area contributed by atoms with Crippen molar-refractivity contribution in [1.29, 1.82) is 0 Å². The van der Waals surface area contributed by atoms with Crippen molar-refractivity contribution in [1.82, 2.24) is 4.98 Å². The van der Waals surface area contributed by atoms with Gasteiger partial charge in [-0.1, -0.05) is 64.1 Å². The van der Waals surface area contributed by atoms with E-state index in [4.69, 9.17) is 13.9 Å². The summed E-state index contributed by atoms with van der Waals surface area (Å²) in [6.45, 7) is 17.3. The third-order valence-corrected chi connectivity index (χ3v) is 7.32. The van der Waals surface area contributed by atoms with Gasteiger partial charge in [-0.25, -0.2) is 4.98 Å². The Morgan fingerprint density at radius 2 is 2.05 bits per heavy atom. The number of hydrogen-bond donors (Lipinski definition) is 2. The summed E-state index contributed by atoms with van der Waals surface area (Å²) in [5, 5.41) is 23.1. The number of esters is 1. The van der Waals surface area contributed by atoms with E-state index < -0.39 is 23.6 Å². The second-order valence-electron chi connectivity index (χ2n) is 11.4. The molecule has 0 aliphatic carbocycles. The van der Waals surface area contributed by atoms with Gasteiger partial charge in [-0.15, -0.1) is 0 Å². The zero-order valence-electron chi connectivity index (χ0n) is 23.8. The van der Waals surface area contributed by atoms with Crippen LogP contribution in [0.25, 0.3) is 6.08 Å². The van der Waals surface area contributed by atoms with Gasteiger partial charge < -0.3 is 24.1 Å². The number of rotatable bonds is 16. The fraction of sp³-hybridized carbons (Fsp3) is 0.655. The maximum absolute atomic E-state index is 13.0. The maximum Gasteiger partial charge on any atom is 0.309 e. The third-order valence-electron chi connectivity index (χ3n) is 7.32. The van der Waals surface area contributed by atoms with Crippen LogP contribution in [0.1, 0.15) is 79.3 Å². The van der Waals surface area contributed by atoms with Crippen LogP contribution in [-0.2, 0) is 20.8 Å². The van der Waals surface area contributed by atoms with E-state index in [9.17, 15) is 19.9 Å². The first-order chi connectivity index (χ1) is 17.7. The standard InChI is InChI=1S/C29H44N2O7/c1-18(2)10-9-11-29(8)25(38-29)13-23(19(3)12-22-17-36-26(31-22)15-30-35)37-27(34)14-24(33)28(6,7)21(5)20(4)16-32/h9-10,12,17-18,20,23-25,32-33H,5,11,13-16H2,1-4,6-8H3/b10-9+,19-12+/t20?,23?,24-,25?,29?/m0/s1. The van der Waals surface area contributed by atoms with Crippen molar-refractivity contribution in [2.75, 3.05) is 6.61 Å². The van der Waals surface area contributed by atoms with Gasteiger partial charge in [0.1, 0.15) is 18.1 Å². The Hall–Kier alpha value is -2.62. The third kappa shape index (κ3) is 8.71. The van der Waals surface area contributed by atoms with E-state index in [0.717, 1.165) is 12.0 Å². The molecule has 0 spiro atoms. The van der Waals surface area contributed by atoms with E-state index in [1.807, 2.05) is 20.8 Å². The Morgan fingerprint density at radius 1 is 1.37 bits per heavy atom. The SMILES string of the molecule is C=C(C(C)CO)C(C)(C)[C@@H](O)CC(=O)OC(CC1OC1(C)C/C=C/C(C)C)/C(C)=C/c1coc(CN=O)n1. The van der Waals surface area contributed by atoms with Crippen LogP contribution in [0.2, 0.25) is 0 Å². The lowest BCUT2D eigenvalue weighted by molar-refractivity contribution is -0.151. The zero-order valence-corrected chi connectivity index (χ0v) is 23.8. The highest BCUT2D eigenvalue weighted by Crippen LogP contribution is 2.44. The molecule has 1 aliphatic heterocycles. The van der Waals surface area contributed by atoms with E-state index in [-0.39, 0.29) is 43.1 Å². The van der Waals surface area contributed by atoms with Gasteiger partial charge in [-0.2, -0.15) is 4.91 Å².